The van der Waals surface area contributed by atoms with Gasteiger partial charge in [0.15, 0.2) is 0 Å². The van der Waals surface area contributed by atoms with Crippen molar-refractivity contribution in [1.82, 2.24) is 5.32 Å². The lowest BCUT2D eigenvalue weighted by Crippen LogP contribution is -2.45. The Morgan fingerprint density at radius 1 is 1.12 bits per heavy atom. The summed E-state index contributed by atoms with van der Waals surface area (Å²) in [5.74, 6) is 0. The van der Waals surface area contributed by atoms with Gasteiger partial charge in [-0.2, -0.15) is 0 Å². The van der Waals surface area contributed by atoms with E-state index in [2.05, 4.69) is 52.1 Å². The molecule has 1 atom stereocenters. The van der Waals surface area contributed by atoms with E-state index in [0.29, 0.717) is 0 Å². The van der Waals surface area contributed by atoms with Gasteiger partial charge in [-0.25, -0.2) is 0 Å². The highest BCUT2D eigenvalue weighted by atomic mass is 14.9. The molecule has 0 amide bonds. The van der Waals surface area contributed by atoms with E-state index < -0.39 is 0 Å². The second-order valence-electron chi connectivity index (χ2n) is 5.26. The highest BCUT2D eigenvalue weighted by molar-refractivity contribution is 5.41. The van der Waals surface area contributed by atoms with Crippen LogP contribution >= 0.6 is 0 Å². The SMILES string of the molecule is CNC(c1ccc(C)c(C)c1C)C(C)(C)N. The van der Waals surface area contributed by atoms with Gasteiger partial charge >= 0.3 is 0 Å². The number of nitrogens with two attached hydrogens (primary N) is 1. The Hall–Kier alpha value is -0.860. The summed E-state index contributed by atoms with van der Waals surface area (Å²) >= 11 is 0. The van der Waals surface area contributed by atoms with E-state index in [1.54, 1.807) is 0 Å². The minimum absolute atomic E-state index is 0.187. The summed E-state index contributed by atoms with van der Waals surface area (Å²) in [5, 5.41) is 3.32. The fourth-order valence-corrected chi connectivity index (χ4v) is 2.22. The van der Waals surface area contributed by atoms with E-state index in [9.17, 15) is 0 Å². The van der Waals surface area contributed by atoms with Crippen molar-refractivity contribution in [2.24, 2.45) is 5.73 Å². The summed E-state index contributed by atoms with van der Waals surface area (Å²) in [4.78, 5) is 0. The smallest absolute Gasteiger partial charge is 0.0497 e. The number of rotatable bonds is 3. The molecule has 16 heavy (non-hydrogen) atoms. The Morgan fingerprint density at radius 2 is 1.69 bits per heavy atom. The van der Waals surface area contributed by atoms with E-state index in [1.807, 2.05) is 7.05 Å². The van der Waals surface area contributed by atoms with E-state index >= 15 is 0 Å². The third kappa shape index (κ3) is 2.45. The molecule has 0 spiro atoms. The van der Waals surface area contributed by atoms with Gasteiger partial charge in [-0.05, 0) is 63.9 Å². The molecule has 0 aromatic heterocycles. The van der Waals surface area contributed by atoms with E-state index in [1.165, 1.54) is 22.3 Å². The summed E-state index contributed by atoms with van der Waals surface area (Å²) in [6.45, 7) is 10.6. The third-order valence-corrected chi connectivity index (χ3v) is 3.44. The highest BCUT2D eigenvalue weighted by Gasteiger charge is 2.26. The van der Waals surface area contributed by atoms with Crippen molar-refractivity contribution in [3.63, 3.8) is 0 Å². The topological polar surface area (TPSA) is 38.0 Å². The molecule has 1 aromatic rings. The van der Waals surface area contributed by atoms with Crippen molar-refractivity contribution in [3.8, 4) is 0 Å². The maximum atomic E-state index is 6.22. The average Bonchev–Trinajstić information content (AvgIpc) is 2.17. The minimum Gasteiger partial charge on any atom is -0.324 e. The molecule has 90 valence electrons. The lowest BCUT2D eigenvalue weighted by atomic mass is 9.85. The number of hydrogen-bond acceptors (Lipinski definition) is 2. The van der Waals surface area contributed by atoms with Crippen LogP contribution in [0.3, 0.4) is 0 Å². The van der Waals surface area contributed by atoms with E-state index in [4.69, 9.17) is 5.73 Å². The van der Waals surface area contributed by atoms with Crippen LogP contribution in [-0.2, 0) is 0 Å². The summed E-state index contributed by atoms with van der Waals surface area (Å²) in [5.41, 5.74) is 11.3. The lowest BCUT2D eigenvalue weighted by molar-refractivity contribution is 0.368. The molecule has 0 saturated carbocycles. The summed E-state index contributed by atoms with van der Waals surface area (Å²) in [7, 11) is 1.97. The quantitative estimate of drug-likeness (QED) is 0.821. The van der Waals surface area contributed by atoms with E-state index in [-0.39, 0.29) is 11.6 Å². The van der Waals surface area contributed by atoms with Gasteiger partial charge in [-0.15, -0.1) is 0 Å². The Bertz CT molecular complexity index is 375. The molecule has 0 heterocycles. The van der Waals surface area contributed by atoms with Gasteiger partial charge in [0.05, 0.1) is 0 Å². The predicted octanol–water partition coefficient (Wildman–Crippen LogP) is 2.61. The molecule has 0 aliphatic heterocycles. The molecule has 0 aliphatic carbocycles. The standard InChI is InChI=1S/C14H24N2/c1-9-7-8-12(11(3)10(9)2)13(16-6)14(4,5)15/h7-8,13,16H,15H2,1-6H3. The predicted molar refractivity (Wildman–Crippen MR) is 70.7 cm³/mol. The van der Waals surface area contributed by atoms with Crippen LogP contribution in [0, 0.1) is 20.8 Å². The average molecular weight is 220 g/mol. The van der Waals surface area contributed by atoms with Crippen LogP contribution < -0.4 is 11.1 Å². The highest BCUT2D eigenvalue weighted by Crippen LogP contribution is 2.28. The van der Waals surface area contributed by atoms with Crippen LogP contribution in [0.5, 0.6) is 0 Å². The van der Waals surface area contributed by atoms with Gasteiger partial charge in [-0.3, -0.25) is 0 Å². The van der Waals surface area contributed by atoms with Crippen LogP contribution in [0.4, 0.5) is 0 Å². The van der Waals surface area contributed by atoms with Crippen molar-refractivity contribution < 1.29 is 0 Å². The zero-order chi connectivity index (χ0) is 12.5. The van der Waals surface area contributed by atoms with Gasteiger partial charge < -0.3 is 11.1 Å². The first-order valence-corrected chi connectivity index (χ1v) is 5.82. The van der Waals surface area contributed by atoms with Crippen molar-refractivity contribution in [2.75, 3.05) is 7.05 Å². The third-order valence-electron chi connectivity index (χ3n) is 3.44. The van der Waals surface area contributed by atoms with Crippen LogP contribution in [-0.4, -0.2) is 12.6 Å². The Kier molecular flexibility index (Phi) is 3.76. The molecule has 3 N–H and O–H groups in total. The number of nitrogens with one attached hydrogen (secondary N) is 1. The van der Waals surface area contributed by atoms with Gasteiger partial charge in [0.1, 0.15) is 0 Å². The molecule has 0 radical (unpaired) electrons. The maximum absolute atomic E-state index is 6.22. The van der Waals surface area contributed by atoms with E-state index in [0.717, 1.165) is 0 Å². The molecular weight excluding hydrogens is 196 g/mol. The van der Waals surface area contributed by atoms with Crippen LogP contribution in [0.25, 0.3) is 0 Å². The normalized spacial score (nSPS) is 13.9. The van der Waals surface area contributed by atoms with Crippen molar-refractivity contribution in [1.29, 1.82) is 0 Å². The van der Waals surface area contributed by atoms with Crippen molar-refractivity contribution in [2.45, 2.75) is 46.2 Å². The van der Waals surface area contributed by atoms with Gasteiger partial charge in [-0.1, -0.05) is 12.1 Å². The molecule has 0 saturated heterocycles. The van der Waals surface area contributed by atoms with Gasteiger partial charge in [0, 0.05) is 11.6 Å². The van der Waals surface area contributed by atoms with Crippen LogP contribution in [0.1, 0.15) is 42.1 Å². The first-order valence-electron chi connectivity index (χ1n) is 5.82. The largest absolute Gasteiger partial charge is 0.324 e. The second kappa shape index (κ2) is 4.56. The number of benzene rings is 1. The zero-order valence-electron chi connectivity index (χ0n) is 11.3. The molecule has 1 aromatic carbocycles. The van der Waals surface area contributed by atoms with Gasteiger partial charge in [0.2, 0.25) is 0 Å². The van der Waals surface area contributed by atoms with Crippen molar-refractivity contribution >= 4 is 0 Å². The summed E-state index contributed by atoms with van der Waals surface area (Å²) in [6.07, 6.45) is 0. The zero-order valence-corrected chi connectivity index (χ0v) is 11.3. The number of hydrogen-bond donors (Lipinski definition) is 2. The van der Waals surface area contributed by atoms with Crippen LogP contribution in [0.15, 0.2) is 12.1 Å². The Morgan fingerprint density at radius 3 is 2.12 bits per heavy atom. The Balaban J connectivity index is 3.27. The first kappa shape index (κ1) is 13.2. The molecule has 2 nitrogen and oxygen atoms in total. The molecule has 0 fully saturated rings. The molecule has 1 rings (SSSR count). The number of aryl methyl sites for hydroxylation is 1. The Labute approximate surface area is 99.2 Å². The molecule has 1 unspecified atom stereocenters. The molecular formula is C14H24N2. The van der Waals surface area contributed by atoms with Crippen molar-refractivity contribution in [3.05, 3.63) is 34.4 Å². The number of likely N-dealkylation sites (N-methyl/N-ethyl adjacent to an activating group) is 1. The molecule has 2 heteroatoms. The summed E-state index contributed by atoms with van der Waals surface area (Å²) < 4.78 is 0. The second-order valence-corrected chi connectivity index (χ2v) is 5.26. The summed E-state index contributed by atoms with van der Waals surface area (Å²) in [6, 6.07) is 4.55. The monoisotopic (exact) mass is 220 g/mol. The molecule has 0 bridgehead atoms. The first-order chi connectivity index (χ1) is 7.29. The molecule has 0 aliphatic rings. The van der Waals surface area contributed by atoms with Crippen LogP contribution in [0.2, 0.25) is 0 Å². The maximum Gasteiger partial charge on any atom is 0.0497 e. The minimum atomic E-state index is -0.263. The van der Waals surface area contributed by atoms with Gasteiger partial charge in [0.25, 0.3) is 0 Å². The fraction of sp³-hybridized carbons (Fsp3) is 0.571. The lowest BCUT2D eigenvalue weighted by Gasteiger charge is -2.32. The fourth-order valence-electron chi connectivity index (χ4n) is 2.22.